The maximum atomic E-state index is 12.2. The van der Waals surface area contributed by atoms with E-state index in [1.807, 2.05) is 13.0 Å². The van der Waals surface area contributed by atoms with E-state index in [9.17, 15) is 14.4 Å². The smallest absolute Gasteiger partial charge is 0.251 e. The Bertz CT molecular complexity index is 532. The van der Waals surface area contributed by atoms with Gasteiger partial charge in [-0.3, -0.25) is 14.4 Å². The monoisotopic (exact) mass is 275 g/mol. The third-order valence-electron chi connectivity index (χ3n) is 3.25. The summed E-state index contributed by atoms with van der Waals surface area (Å²) in [6.45, 7) is 8.01. The second-order valence-corrected chi connectivity index (χ2v) is 5.70. The lowest BCUT2D eigenvalue weighted by Gasteiger charge is -2.32. The summed E-state index contributed by atoms with van der Waals surface area (Å²) >= 11 is 0. The molecule has 0 aromatic heterocycles. The number of benzene rings is 1. The molecule has 0 heterocycles. The minimum absolute atomic E-state index is 0.243. The fourth-order valence-electron chi connectivity index (χ4n) is 2.53. The van der Waals surface area contributed by atoms with Crippen molar-refractivity contribution >= 4 is 17.5 Å². The van der Waals surface area contributed by atoms with Crippen LogP contribution in [0.2, 0.25) is 0 Å². The van der Waals surface area contributed by atoms with Crippen molar-refractivity contribution in [2.45, 2.75) is 40.2 Å². The van der Waals surface area contributed by atoms with E-state index >= 15 is 0 Å². The average Bonchev–Trinajstić information content (AvgIpc) is 2.26. The fraction of sp³-hybridized carbons (Fsp3) is 0.438. The largest absolute Gasteiger partial charge is 0.346 e. The van der Waals surface area contributed by atoms with Crippen LogP contribution in [0.25, 0.3) is 0 Å². The number of hydrogen-bond acceptors (Lipinski definition) is 3. The first kappa shape index (κ1) is 16.1. The summed E-state index contributed by atoms with van der Waals surface area (Å²) < 4.78 is 0. The summed E-state index contributed by atoms with van der Waals surface area (Å²) in [7, 11) is 0. The van der Waals surface area contributed by atoms with E-state index in [2.05, 4.69) is 5.32 Å². The minimum atomic E-state index is -0.918. The molecule has 1 aromatic rings. The molecule has 20 heavy (non-hydrogen) atoms. The molecule has 1 amide bonds. The molecule has 1 rings (SSSR count). The van der Waals surface area contributed by atoms with E-state index < -0.39 is 11.5 Å². The molecule has 1 aromatic carbocycles. The second-order valence-electron chi connectivity index (χ2n) is 5.70. The van der Waals surface area contributed by atoms with Gasteiger partial charge in [-0.2, -0.15) is 0 Å². The van der Waals surface area contributed by atoms with E-state index in [0.29, 0.717) is 5.56 Å². The van der Waals surface area contributed by atoms with Crippen molar-refractivity contribution in [1.29, 1.82) is 0 Å². The molecule has 0 atom stereocenters. The van der Waals surface area contributed by atoms with Crippen LogP contribution in [0.3, 0.4) is 0 Å². The van der Waals surface area contributed by atoms with Crippen molar-refractivity contribution in [2.24, 2.45) is 5.92 Å². The summed E-state index contributed by atoms with van der Waals surface area (Å²) in [6.07, 6.45) is 0. The highest BCUT2D eigenvalue weighted by atomic mass is 16.2. The Morgan fingerprint density at radius 2 is 1.65 bits per heavy atom. The van der Waals surface area contributed by atoms with Gasteiger partial charge in [0.2, 0.25) is 0 Å². The van der Waals surface area contributed by atoms with Gasteiger partial charge in [-0.1, -0.05) is 17.7 Å². The maximum absolute atomic E-state index is 12.2. The number of carbonyl (C=O) groups excluding carboxylic acids is 3. The molecule has 4 heteroatoms. The van der Waals surface area contributed by atoms with Gasteiger partial charge < -0.3 is 5.32 Å². The third-order valence-corrected chi connectivity index (χ3v) is 3.25. The van der Waals surface area contributed by atoms with Gasteiger partial charge in [-0.15, -0.1) is 0 Å². The molecule has 108 valence electrons. The van der Waals surface area contributed by atoms with Crippen LogP contribution < -0.4 is 5.32 Å². The van der Waals surface area contributed by atoms with Crippen LogP contribution in [-0.2, 0) is 9.59 Å². The number of carbonyl (C=O) groups is 3. The number of rotatable bonds is 5. The Labute approximate surface area is 119 Å². The Hall–Kier alpha value is -1.97. The number of aryl methyl sites for hydroxylation is 1. The van der Waals surface area contributed by atoms with Crippen molar-refractivity contribution in [3.8, 4) is 0 Å². The van der Waals surface area contributed by atoms with Gasteiger partial charge in [0.05, 0.1) is 11.5 Å². The first-order chi connectivity index (χ1) is 9.15. The molecule has 1 N–H and O–H groups in total. The molecule has 0 aliphatic rings. The van der Waals surface area contributed by atoms with E-state index in [1.54, 1.807) is 32.0 Å². The van der Waals surface area contributed by atoms with Gasteiger partial charge in [-0.25, -0.2) is 0 Å². The molecular formula is C16H21NO3. The zero-order valence-electron chi connectivity index (χ0n) is 12.6. The molecule has 0 fully saturated rings. The van der Waals surface area contributed by atoms with Crippen LogP contribution in [0, 0.1) is 12.8 Å². The van der Waals surface area contributed by atoms with Crippen LogP contribution in [0.5, 0.6) is 0 Å². The molecule has 0 spiro atoms. The molecule has 0 aliphatic heterocycles. The van der Waals surface area contributed by atoms with Gasteiger partial charge in [0.25, 0.3) is 5.91 Å². The van der Waals surface area contributed by atoms with Crippen molar-refractivity contribution in [2.75, 3.05) is 0 Å². The predicted octanol–water partition coefficient (Wildman–Crippen LogP) is 2.30. The SMILES string of the molecule is CC(=O)C(C(C)=O)C(C)(C)NC(=O)c1cccc(C)c1. The molecule has 0 unspecified atom stereocenters. The summed E-state index contributed by atoms with van der Waals surface area (Å²) in [5, 5.41) is 2.78. The third kappa shape index (κ3) is 3.76. The lowest BCUT2D eigenvalue weighted by Crippen LogP contribution is -2.53. The number of Topliss-reactive ketones (excluding diaryl/α,β-unsaturated/α-hetero) is 2. The van der Waals surface area contributed by atoms with Crippen LogP contribution in [0.1, 0.15) is 43.6 Å². The van der Waals surface area contributed by atoms with Gasteiger partial charge in [-0.05, 0) is 46.8 Å². The highest BCUT2D eigenvalue weighted by molar-refractivity contribution is 6.03. The molecule has 4 nitrogen and oxygen atoms in total. The lowest BCUT2D eigenvalue weighted by atomic mass is 9.81. The van der Waals surface area contributed by atoms with Gasteiger partial charge in [0.15, 0.2) is 0 Å². The standard InChI is InChI=1S/C16H21NO3/c1-10-7-6-8-13(9-10)15(20)17-16(4,5)14(11(2)18)12(3)19/h6-9,14H,1-5H3,(H,17,20). The average molecular weight is 275 g/mol. The number of nitrogens with one attached hydrogen (secondary N) is 1. The quantitative estimate of drug-likeness (QED) is 0.839. The molecule has 0 bridgehead atoms. The summed E-state index contributed by atoms with van der Waals surface area (Å²) in [4.78, 5) is 35.5. The fourth-order valence-corrected chi connectivity index (χ4v) is 2.53. The van der Waals surface area contributed by atoms with Gasteiger partial charge in [0.1, 0.15) is 11.6 Å². The van der Waals surface area contributed by atoms with Crippen molar-refractivity contribution in [3.05, 3.63) is 35.4 Å². The van der Waals surface area contributed by atoms with E-state index in [4.69, 9.17) is 0 Å². The predicted molar refractivity (Wildman–Crippen MR) is 77.6 cm³/mol. The Morgan fingerprint density at radius 1 is 1.10 bits per heavy atom. The Balaban J connectivity index is 2.98. The topological polar surface area (TPSA) is 63.2 Å². The van der Waals surface area contributed by atoms with Crippen LogP contribution in [-0.4, -0.2) is 23.0 Å². The summed E-state index contributed by atoms with van der Waals surface area (Å²) in [6, 6.07) is 7.16. The van der Waals surface area contributed by atoms with Gasteiger partial charge in [0, 0.05) is 5.56 Å². The summed E-state index contributed by atoms with van der Waals surface area (Å²) in [5.41, 5.74) is 0.576. The Morgan fingerprint density at radius 3 is 2.10 bits per heavy atom. The molecular weight excluding hydrogens is 254 g/mol. The molecule has 0 aliphatic carbocycles. The van der Waals surface area contributed by atoms with Crippen molar-refractivity contribution < 1.29 is 14.4 Å². The zero-order valence-corrected chi connectivity index (χ0v) is 12.6. The van der Waals surface area contributed by atoms with Crippen LogP contribution >= 0.6 is 0 Å². The number of ketones is 2. The Kier molecular flexibility index (Phi) is 4.82. The highest BCUT2D eigenvalue weighted by Crippen LogP contribution is 2.20. The van der Waals surface area contributed by atoms with E-state index in [-0.39, 0.29) is 17.5 Å². The van der Waals surface area contributed by atoms with Crippen molar-refractivity contribution in [3.63, 3.8) is 0 Å². The van der Waals surface area contributed by atoms with Crippen molar-refractivity contribution in [1.82, 2.24) is 5.32 Å². The van der Waals surface area contributed by atoms with Crippen LogP contribution in [0.4, 0.5) is 0 Å². The number of amides is 1. The lowest BCUT2D eigenvalue weighted by molar-refractivity contribution is -0.133. The first-order valence-corrected chi connectivity index (χ1v) is 6.55. The normalized spacial score (nSPS) is 11.3. The maximum Gasteiger partial charge on any atom is 0.251 e. The molecule has 0 saturated carbocycles. The number of hydrogen-bond donors (Lipinski definition) is 1. The highest BCUT2D eigenvalue weighted by Gasteiger charge is 2.37. The van der Waals surface area contributed by atoms with Crippen LogP contribution in [0.15, 0.2) is 24.3 Å². The second kappa shape index (κ2) is 5.99. The molecule has 0 saturated heterocycles. The zero-order chi connectivity index (χ0) is 15.5. The van der Waals surface area contributed by atoms with E-state index in [0.717, 1.165) is 5.56 Å². The minimum Gasteiger partial charge on any atom is -0.346 e. The van der Waals surface area contributed by atoms with Gasteiger partial charge >= 0.3 is 0 Å². The van der Waals surface area contributed by atoms with E-state index in [1.165, 1.54) is 13.8 Å². The summed E-state index contributed by atoms with van der Waals surface area (Å²) in [5.74, 6) is -1.61. The molecule has 0 radical (unpaired) electrons. The first-order valence-electron chi connectivity index (χ1n) is 6.55.